The Bertz CT molecular complexity index is 860. The van der Waals surface area contributed by atoms with E-state index in [0.29, 0.717) is 10.0 Å². The molecule has 130 valence electrons. The molecule has 1 aromatic heterocycles. The Kier molecular flexibility index (Phi) is 4.52. The zero-order chi connectivity index (χ0) is 17.6. The number of fused-ring (bicyclic) bond motifs is 1. The number of benzene rings is 1. The summed E-state index contributed by atoms with van der Waals surface area (Å²) < 4.78 is 1.80. The molecule has 2 aliphatic rings. The molecule has 3 heterocycles. The summed E-state index contributed by atoms with van der Waals surface area (Å²) in [7, 11) is 0. The third kappa shape index (κ3) is 2.96. The summed E-state index contributed by atoms with van der Waals surface area (Å²) in [5, 5.41) is 5.38. The van der Waals surface area contributed by atoms with Gasteiger partial charge in [0.1, 0.15) is 5.92 Å². The fourth-order valence-electron chi connectivity index (χ4n) is 3.36. The first-order valence-electron chi connectivity index (χ1n) is 7.96. The van der Waals surface area contributed by atoms with E-state index < -0.39 is 5.92 Å². The number of hydrogen-bond acceptors (Lipinski definition) is 4. The highest BCUT2D eigenvalue weighted by atomic mass is 35.5. The van der Waals surface area contributed by atoms with Crippen LogP contribution >= 0.6 is 35.0 Å². The Hall–Kier alpha value is -1.50. The van der Waals surface area contributed by atoms with Crippen LogP contribution in [0.1, 0.15) is 18.5 Å². The normalized spacial score (nSPS) is 22.7. The third-order valence-corrected chi connectivity index (χ3v) is 6.29. The standard InChI is InChI=1S/C17H16Cl2N4OS/c1-10-15(17(24)22-6-7-25-9-22)16(23-14(21-10)4-5-20-23)11-2-3-12(18)13(19)8-11/h2-5,8,15-16H,6-7,9H2,1H3. The molecule has 1 fully saturated rings. The third-order valence-electron chi connectivity index (χ3n) is 4.59. The maximum atomic E-state index is 13.2. The van der Waals surface area contributed by atoms with Crippen LogP contribution in [0.2, 0.25) is 10.0 Å². The second-order valence-electron chi connectivity index (χ2n) is 6.12. The minimum absolute atomic E-state index is 0.0865. The van der Waals surface area contributed by atoms with E-state index in [-0.39, 0.29) is 11.9 Å². The van der Waals surface area contributed by atoms with Crippen LogP contribution in [0.4, 0.5) is 5.82 Å². The summed E-state index contributed by atoms with van der Waals surface area (Å²) in [5.41, 5.74) is 1.70. The summed E-state index contributed by atoms with van der Waals surface area (Å²) >= 11 is 14.1. The van der Waals surface area contributed by atoms with Crippen molar-refractivity contribution in [2.24, 2.45) is 10.9 Å². The summed E-state index contributed by atoms with van der Waals surface area (Å²) in [4.78, 5) is 19.7. The smallest absolute Gasteiger partial charge is 0.234 e. The van der Waals surface area contributed by atoms with Crippen molar-refractivity contribution in [2.75, 3.05) is 18.2 Å². The first-order chi connectivity index (χ1) is 12.1. The highest BCUT2D eigenvalue weighted by Gasteiger charge is 2.40. The van der Waals surface area contributed by atoms with Gasteiger partial charge < -0.3 is 4.90 Å². The van der Waals surface area contributed by atoms with E-state index >= 15 is 0 Å². The molecule has 0 saturated carbocycles. The molecule has 2 atom stereocenters. The lowest BCUT2D eigenvalue weighted by Gasteiger charge is -2.33. The van der Waals surface area contributed by atoms with Crippen molar-refractivity contribution in [3.8, 4) is 0 Å². The Balaban J connectivity index is 1.82. The van der Waals surface area contributed by atoms with Gasteiger partial charge in [-0.2, -0.15) is 5.10 Å². The monoisotopic (exact) mass is 394 g/mol. The number of amides is 1. The molecular formula is C17H16Cl2N4OS. The molecular weight excluding hydrogens is 379 g/mol. The largest absolute Gasteiger partial charge is 0.332 e. The van der Waals surface area contributed by atoms with Gasteiger partial charge in [0.15, 0.2) is 5.82 Å². The highest BCUT2D eigenvalue weighted by molar-refractivity contribution is 7.99. The van der Waals surface area contributed by atoms with Gasteiger partial charge in [-0.05, 0) is 24.6 Å². The van der Waals surface area contributed by atoms with Gasteiger partial charge in [0.25, 0.3) is 0 Å². The predicted octanol–water partition coefficient (Wildman–Crippen LogP) is 4.03. The average molecular weight is 395 g/mol. The van der Waals surface area contributed by atoms with Gasteiger partial charge in [-0.1, -0.05) is 29.3 Å². The zero-order valence-electron chi connectivity index (χ0n) is 13.5. The van der Waals surface area contributed by atoms with Crippen LogP contribution in [0.5, 0.6) is 0 Å². The number of halogens is 2. The van der Waals surface area contributed by atoms with Crippen LogP contribution in [0.25, 0.3) is 0 Å². The van der Waals surface area contributed by atoms with E-state index in [4.69, 9.17) is 23.2 Å². The van der Waals surface area contributed by atoms with E-state index in [9.17, 15) is 4.79 Å². The molecule has 0 spiro atoms. The van der Waals surface area contributed by atoms with E-state index in [1.54, 1.807) is 28.7 Å². The molecule has 2 unspecified atom stereocenters. The van der Waals surface area contributed by atoms with Crippen molar-refractivity contribution in [3.05, 3.63) is 46.1 Å². The van der Waals surface area contributed by atoms with Crippen LogP contribution in [0.3, 0.4) is 0 Å². The molecule has 4 rings (SSSR count). The fourth-order valence-corrected chi connectivity index (χ4v) is 4.62. The molecule has 5 nitrogen and oxygen atoms in total. The minimum Gasteiger partial charge on any atom is -0.332 e. The van der Waals surface area contributed by atoms with Gasteiger partial charge in [0, 0.05) is 24.1 Å². The number of hydrogen-bond donors (Lipinski definition) is 0. The first kappa shape index (κ1) is 16.9. The summed E-state index contributed by atoms with van der Waals surface area (Å²) in [6, 6.07) is 7.05. The first-order valence-corrected chi connectivity index (χ1v) is 9.87. The van der Waals surface area contributed by atoms with Gasteiger partial charge in [0.2, 0.25) is 5.91 Å². The van der Waals surface area contributed by atoms with Crippen LogP contribution in [0, 0.1) is 5.92 Å². The van der Waals surface area contributed by atoms with Crippen LogP contribution in [0.15, 0.2) is 35.5 Å². The van der Waals surface area contributed by atoms with Crippen molar-refractivity contribution in [1.29, 1.82) is 0 Å². The van der Waals surface area contributed by atoms with Crippen LogP contribution in [-0.4, -0.2) is 44.5 Å². The minimum atomic E-state index is -0.400. The summed E-state index contributed by atoms with van der Waals surface area (Å²) in [6.45, 7) is 2.68. The number of thioether (sulfide) groups is 1. The molecule has 0 aliphatic carbocycles. The molecule has 1 aromatic carbocycles. The molecule has 1 saturated heterocycles. The quantitative estimate of drug-likeness (QED) is 0.772. The van der Waals surface area contributed by atoms with Gasteiger partial charge in [0.05, 0.1) is 28.2 Å². The second kappa shape index (κ2) is 6.67. The lowest BCUT2D eigenvalue weighted by molar-refractivity contribution is -0.132. The van der Waals surface area contributed by atoms with Crippen molar-refractivity contribution in [3.63, 3.8) is 0 Å². The topological polar surface area (TPSA) is 50.5 Å². The van der Waals surface area contributed by atoms with Crippen molar-refractivity contribution in [1.82, 2.24) is 14.7 Å². The average Bonchev–Trinajstić information content (AvgIpc) is 3.26. The lowest BCUT2D eigenvalue weighted by atomic mass is 9.87. The number of aromatic nitrogens is 2. The molecule has 0 radical (unpaired) electrons. The molecule has 0 N–H and O–H groups in total. The molecule has 2 aliphatic heterocycles. The highest BCUT2D eigenvalue weighted by Crippen LogP contribution is 2.39. The fraction of sp³-hybridized carbons (Fsp3) is 0.353. The van der Waals surface area contributed by atoms with E-state index in [2.05, 4.69) is 10.1 Å². The molecule has 1 amide bonds. The van der Waals surface area contributed by atoms with Crippen LogP contribution < -0.4 is 0 Å². The number of carbonyl (C=O) groups excluding carboxylic acids is 1. The van der Waals surface area contributed by atoms with Gasteiger partial charge in [-0.25, -0.2) is 9.67 Å². The Morgan fingerprint density at radius 1 is 1.28 bits per heavy atom. The van der Waals surface area contributed by atoms with Crippen LogP contribution in [-0.2, 0) is 4.79 Å². The molecule has 25 heavy (non-hydrogen) atoms. The van der Waals surface area contributed by atoms with Crippen molar-refractivity contribution < 1.29 is 4.79 Å². The number of aliphatic imine (C=N–C) groups is 1. The second-order valence-corrected chi connectivity index (χ2v) is 8.01. The van der Waals surface area contributed by atoms with E-state index in [1.165, 1.54) is 0 Å². The maximum Gasteiger partial charge on any atom is 0.234 e. The lowest BCUT2D eigenvalue weighted by Crippen LogP contribution is -2.43. The van der Waals surface area contributed by atoms with Crippen molar-refractivity contribution >= 4 is 52.4 Å². The molecule has 8 heteroatoms. The summed E-state index contributed by atoms with van der Waals surface area (Å²) in [6.07, 6.45) is 1.70. The molecule has 2 aromatic rings. The Labute approximate surface area is 160 Å². The van der Waals surface area contributed by atoms with Gasteiger partial charge >= 0.3 is 0 Å². The Morgan fingerprint density at radius 3 is 2.84 bits per heavy atom. The van der Waals surface area contributed by atoms with Crippen molar-refractivity contribution in [2.45, 2.75) is 13.0 Å². The number of carbonyl (C=O) groups is 1. The summed E-state index contributed by atoms with van der Waals surface area (Å²) in [5.74, 6) is 2.13. The predicted molar refractivity (Wildman–Crippen MR) is 102 cm³/mol. The SMILES string of the molecule is CC1=Nc2ccnn2C(c2ccc(Cl)c(Cl)c2)C1C(=O)N1CCSC1. The maximum absolute atomic E-state index is 13.2. The number of nitrogens with zero attached hydrogens (tertiary/aromatic N) is 4. The Morgan fingerprint density at radius 2 is 2.12 bits per heavy atom. The zero-order valence-corrected chi connectivity index (χ0v) is 15.9. The van der Waals surface area contributed by atoms with E-state index in [1.807, 2.05) is 30.0 Å². The van der Waals surface area contributed by atoms with E-state index in [0.717, 1.165) is 35.3 Å². The van der Waals surface area contributed by atoms with Gasteiger partial charge in [-0.3, -0.25) is 4.79 Å². The molecule has 0 bridgehead atoms. The van der Waals surface area contributed by atoms with Gasteiger partial charge in [-0.15, -0.1) is 11.8 Å². The number of rotatable bonds is 2.